The minimum absolute atomic E-state index is 0.0171. The summed E-state index contributed by atoms with van der Waals surface area (Å²) in [6.07, 6.45) is 0. The molecule has 2 aromatic carbocycles. The molecule has 1 aromatic heterocycles. The minimum atomic E-state index is 0.0171. The van der Waals surface area contributed by atoms with Crippen LogP contribution in [0.1, 0.15) is 5.56 Å². The summed E-state index contributed by atoms with van der Waals surface area (Å²) < 4.78 is 2.11. The molecule has 0 aliphatic heterocycles. The Balaban J connectivity index is 1.92. The number of hydrogen-bond acceptors (Lipinski definition) is 4. The fourth-order valence-corrected chi connectivity index (χ4v) is 4.06. The predicted octanol–water partition coefficient (Wildman–Crippen LogP) is 4.38. The van der Waals surface area contributed by atoms with E-state index in [1.165, 1.54) is 11.8 Å². The number of benzene rings is 2. The highest BCUT2D eigenvalue weighted by molar-refractivity contribution is 8.01. The fraction of sp³-hybridized carbons (Fsp3) is 0. The number of thiazole rings is 1. The van der Waals surface area contributed by atoms with E-state index in [0.717, 1.165) is 19.5 Å². The maximum absolute atomic E-state index is 7.40. The molecule has 0 aliphatic carbocycles. The zero-order valence-corrected chi connectivity index (χ0v) is 12.6. The van der Waals surface area contributed by atoms with Crippen LogP contribution in [0.2, 0.25) is 5.02 Å². The molecule has 3 nitrogen and oxygen atoms in total. The van der Waals surface area contributed by atoms with Gasteiger partial charge in [0.05, 0.1) is 15.2 Å². The Morgan fingerprint density at radius 3 is 2.75 bits per heavy atom. The van der Waals surface area contributed by atoms with Crippen molar-refractivity contribution in [3.63, 3.8) is 0 Å². The van der Waals surface area contributed by atoms with Gasteiger partial charge in [0.25, 0.3) is 0 Å². The second-order valence-electron chi connectivity index (χ2n) is 4.11. The quantitative estimate of drug-likeness (QED) is 0.556. The molecule has 20 heavy (non-hydrogen) atoms. The highest BCUT2D eigenvalue weighted by atomic mass is 35.5. The van der Waals surface area contributed by atoms with Crippen molar-refractivity contribution in [3.8, 4) is 0 Å². The summed E-state index contributed by atoms with van der Waals surface area (Å²) in [4.78, 5) is 5.48. The van der Waals surface area contributed by atoms with Crippen LogP contribution >= 0.6 is 34.7 Å². The van der Waals surface area contributed by atoms with Crippen LogP contribution in [-0.4, -0.2) is 10.8 Å². The molecule has 0 radical (unpaired) electrons. The molecule has 0 atom stereocenters. The maximum atomic E-state index is 7.40. The van der Waals surface area contributed by atoms with Gasteiger partial charge in [0.2, 0.25) is 0 Å². The van der Waals surface area contributed by atoms with Crippen LogP contribution in [0.5, 0.6) is 0 Å². The number of halogens is 1. The average molecular weight is 320 g/mol. The molecular weight excluding hydrogens is 310 g/mol. The van der Waals surface area contributed by atoms with Gasteiger partial charge in [-0.05, 0) is 24.3 Å². The highest BCUT2D eigenvalue weighted by Crippen LogP contribution is 2.37. The lowest BCUT2D eigenvalue weighted by molar-refractivity contribution is 1.29. The number of nitrogens with one attached hydrogen (secondary N) is 1. The zero-order valence-electron chi connectivity index (χ0n) is 10.3. The fourth-order valence-electron chi connectivity index (χ4n) is 1.74. The van der Waals surface area contributed by atoms with Gasteiger partial charge in [-0.3, -0.25) is 5.41 Å². The lowest BCUT2D eigenvalue weighted by Crippen LogP contribution is -2.10. The van der Waals surface area contributed by atoms with E-state index in [1.54, 1.807) is 23.5 Å². The summed E-state index contributed by atoms with van der Waals surface area (Å²) in [6, 6.07) is 13.4. The monoisotopic (exact) mass is 319 g/mol. The smallest absolute Gasteiger partial charge is 0.155 e. The summed E-state index contributed by atoms with van der Waals surface area (Å²) in [5, 5.41) is 7.98. The molecule has 0 amide bonds. The van der Waals surface area contributed by atoms with E-state index in [2.05, 4.69) is 11.1 Å². The molecule has 100 valence electrons. The lowest BCUT2D eigenvalue weighted by atomic mass is 10.2. The van der Waals surface area contributed by atoms with Gasteiger partial charge >= 0.3 is 0 Å². The molecule has 3 N–H and O–H groups in total. The van der Waals surface area contributed by atoms with Crippen molar-refractivity contribution in [2.24, 2.45) is 5.73 Å². The van der Waals surface area contributed by atoms with Crippen LogP contribution in [0.25, 0.3) is 10.2 Å². The summed E-state index contributed by atoms with van der Waals surface area (Å²) in [7, 11) is 0. The third kappa shape index (κ3) is 2.65. The van der Waals surface area contributed by atoms with Crippen molar-refractivity contribution in [2.75, 3.05) is 0 Å². The van der Waals surface area contributed by atoms with E-state index in [-0.39, 0.29) is 5.84 Å². The molecular formula is C14H10ClN3S2. The van der Waals surface area contributed by atoms with Gasteiger partial charge < -0.3 is 5.73 Å². The van der Waals surface area contributed by atoms with E-state index >= 15 is 0 Å². The number of fused-ring (bicyclic) bond motifs is 1. The Morgan fingerprint density at radius 1 is 1.25 bits per heavy atom. The summed E-state index contributed by atoms with van der Waals surface area (Å²) in [5.41, 5.74) is 7.07. The van der Waals surface area contributed by atoms with E-state index in [4.69, 9.17) is 22.7 Å². The minimum Gasteiger partial charge on any atom is -0.384 e. The van der Waals surface area contributed by atoms with Crippen LogP contribution in [0, 0.1) is 5.41 Å². The number of aromatic nitrogens is 1. The van der Waals surface area contributed by atoms with Gasteiger partial charge in [-0.15, -0.1) is 11.3 Å². The van der Waals surface area contributed by atoms with Crippen LogP contribution in [0.3, 0.4) is 0 Å². The van der Waals surface area contributed by atoms with Crippen LogP contribution in [-0.2, 0) is 0 Å². The Labute approximate surface area is 129 Å². The largest absolute Gasteiger partial charge is 0.384 e. The number of amidine groups is 1. The van der Waals surface area contributed by atoms with Crippen molar-refractivity contribution in [1.82, 2.24) is 4.98 Å². The molecule has 0 fully saturated rings. The maximum Gasteiger partial charge on any atom is 0.155 e. The summed E-state index contributed by atoms with van der Waals surface area (Å²) in [6.45, 7) is 0. The van der Waals surface area contributed by atoms with E-state index in [1.807, 2.05) is 24.3 Å². The number of rotatable bonds is 3. The lowest BCUT2D eigenvalue weighted by Gasteiger charge is -2.04. The Morgan fingerprint density at radius 2 is 2.05 bits per heavy atom. The van der Waals surface area contributed by atoms with E-state index in [0.29, 0.717) is 10.6 Å². The van der Waals surface area contributed by atoms with Gasteiger partial charge in [0, 0.05) is 10.5 Å². The molecule has 3 rings (SSSR count). The molecule has 0 aliphatic rings. The molecule has 0 saturated carbocycles. The topological polar surface area (TPSA) is 62.8 Å². The van der Waals surface area contributed by atoms with Gasteiger partial charge in [0.15, 0.2) is 4.34 Å². The highest BCUT2D eigenvalue weighted by Gasteiger charge is 2.09. The van der Waals surface area contributed by atoms with E-state index < -0.39 is 0 Å². The van der Waals surface area contributed by atoms with Gasteiger partial charge in [0.1, 0.15) is 5.84 Å². The first-order valence-corrected chi connectivity index (χ1v) is 7.82. The molecule has 0 spiro atoms. The first-order chi connectivity index (χ1) is 9.63. The van der Waals surface area contributed by atoms with Crippen LogP contribution < -0.4 is 5.73 Å². The average Bonchev–Trinajstić information content (AvgIpc) is 2.83. The summed E-state index contributed by atoms with van der Waals surface area (Å²) in [5.74, 6) is 0.0171. The van der Waals surface area contributed by atoms with Crippen molar-refractivity contribution >= 4 is 50.8 Å². The third-order valence-corrected chi connectivity index (χ3v) is 5.31. The Bertz CT molecular complexity index is 765. The second-order valence-corrected chi connectivity index (χ2v) is 6.84. The first kappa shape index (κ1) is 13.4. The second kappa shape index (κ2) is 5.44. The van der Waals surface area contributed by atoms with Crippen molar-refractivity contribution < 1.29 is 0 Å². The third-order valence-electron chi connectivity index (χ3n) is 2.71. The predicted molar refractivity (Wildman–Crippen MR) is 86.2 cm³/mol. The van der Waals surface area contributed by atoms with Gasteiger partial charge in [-0.2, -0.15) is 0 Å². The Hall–Kier alpha value is -1.56. The van der Waals surface area contributed by atoms with Crippen molar-refractivity contribution in [2.45, 2.75) is 9.24 Å². The molecule has 1 heterocycles. The SMILES string of the molecule is N=C(N)c1ccc(Sc2nc3ccccc3s2)c(Cl)c1. The van der Waals surface area contributed by atoms with E-state index in [9.17, 15) is 0 Å². The molecule has 6 heteroatoms. The summed E-state index contributed by atoms with van der Waals surface area (Å²) >= 11 is 9.39. The zero-order chi connectivity index (χ0) is 14.1. The number of nitrogens with two attached hydrogens (primary N) is 1. The molecule has 0 bridgehead atoms. The van der Waals surface area contributed by atoms with Crippen LogP contribution in [0.15, 0.2) is 51.7 Å². The number of nitrogens with zero attached hydrogens (tertiary/aromatic N) is 1. The number of nitrogen functional groups attached to an aromatic ring is 1. The molecule has 0 unspecified atom stereocenters. The van der Waals surface area contributed by atoms with Gasteiger partial charge in [-0.25, -0.2) is 4.98 Å². The first-order valence-electron chi connectivity index (χ1n) is 5.81. The molecule has 3 aromatic rings. The normalized spacial score (nSPS) is 10.8. The van der Waals surface area contributed by atoms with Crippen molar-refractivity contribution in [1.29, 1.82) is 5.41 Å². The Kier molecular flexibility index (Phi) is 3.65. The van der Waals surface area contributed by atoms with Gasteiger partial charge in [-0.1, -0.05) is 41.6 Å². The molecule has 0 saturated heterocycles. The standard InChI is InChI=1S/C14H10ClN3S2/c15-9-7-8(13(16)17)5-6-11(9)19-14-18-10-3-1-2-4-12(10)20-14/h1-7H,(H3,16,17). The number of hydrogen-bond donors (Lipinski definition) is 2. The van der Waals surface area contributed by atoms with Crippen LogP contribution in [0.4, 0.5) is 0 Å². The van der Waals surface area contributed by atoms with Crippen molar-refractivity contribution in [3.05, 3.63) is 53.1 Å². The number of para-hydroxylation sites is 1.